The summed E-state index contributed by atoms with van der Waals surface area (Å²) >= 11 is 3.43. The summed E-state index contributed by atoms with van der Waals surface area (Å²) in [5, 5.41) is 5.94. The summed E-state index contributed by atoms with van der Waals surface area (Å²) in [6, 6.07) is 5.79. The fourth-order valence-corrected chi connectivity index (χ4v) is 3.08. The smallest absolute Gasteiger partial charge is 0.407 e. The monoisotopic (exact) mass is 427 g/mol. The van der Waals surface area contributed by atoms with Crippen LogP contribution in [-0.2, 0) is 15.1 Å². The van der Waals surface area contributed by atoms with Crippen molar-refractivity contribution in [1.82, 2.24) is 10.6 Å². The molecule has 0 saturated heterocycles. The van der Waals surface area contributed by atoms with Gasteiger partial charge >= 0.3 is 6.09 Å². The quantitative estimate of drug-likeness (QED) is 0.717. The van der Waals surface area contributed by atoms with Gasteiger partial charge in [0.1, 0.15) is 11.1 Å². The molecule has 7 heteroatoms. The van der Waals surface area contributed by atoms with Gasteiger partial charge in [0.15, 0.2) is 0 Å². The number of nitrogens with zero attached hydrogens (tertiary/aromatic N) is 1. The van der Waals surface area contributed by atoms with Crippen LogP contribution in [0.2, 0.25) is 0 Å². The van der Waals surface area contributed by atoms with Crippen LogP contribution in [-0.4, -0.2) is 37.7 Å². The standard InChI is InChI=1S/C17H24BrN3O3.C2H6/c1-16(2,3)24-15(23)19-8-9-20-17(4)12-7-6-11(18)10-13(12)21(5)14(17)22;1-2/h6-7,10,20H,8-9H2,1-5H3,(H,19,23);1-2H3. The molecule has 1 aliphatic rings. The maximum absolute atomic E-state index is 12.6. The lowest BCUT2D eigenvalue weighted by molar-refractivity contribution is -0.123. The Morgan fingerprint density at radius 2 is 1.88 bits per heavy atom. The highest BCUT2D eigenvalue weighted by Crippen LogP contribution is 2.40. The normalized spacial score (nSPS) is 18.8. The van der Waals surface area contributed by atoms with Crippen molar-refractivity contribution in [2.24, 2.45) is 0 Å². The number of amides is 2. The molecule has 0 bridgehead atoms. The summed E-state index contributed by atoms with van der Waals surface area (Å²) in [6.45, 7) is 12.1. The molecule has 0 fully saturated rings. The summed E-state index contributed by atoms with van der Waals surface area (Å²) in [6.07, 6.45) is -0.464. The van der Waals surface area contributed by atoms with Gasteiger partial charge in [0.2, 0.25) is 0 Å². The summed E-state index contributed by atoms with van der Waals surface area (Å²) < 4.78 is 6.11. The highest BCUT2D eigenvalue weighted by molar-refractivity contribution is 9.10. The first kappa shape index (κ1) is 22.4. The number of hydrogen-bond acceptors (Lipinski definition) is 4. The second kappa shape index (κ2) is 8.86. The first-order chi connectivity index (χ1) is 12.0. The summed E-state index contributed by atoms with van der Waals surface area (Å²) in [4.78, 5) is 25.9. The summed E-state index contributed by atoms with van der Waals surface area (Å²) in [7, 11) is 1.76. The molecular weight excluding hydrogens is 398 g/mol. The van der Waals surface area contributed by atoms with Crippen LogP contribution < -0.4 is 15.5 Å². The number of halogens is 1. The number of ether oxygens (including phenoxy) is 1. The Hall–Kier alpha value is -1.60. The minimum absolute atomic E-state index is 0.0205. The van der Waals surface area contributed by atoms with E-state index < -0.39 is 17.2 Å². The van der Waals surface area contributed by atoms with E-state index in [0.29, 0.717) is 13.1 Å². The lowest BCUT2D eigenvalue weighted by atomic mass is 9.93. The van der Waals surface area contributed by atoms with Crippen molar-refractivity contribution in [3.63, 3.8) is 0 Å². The molecule has 26 heavy (non-hydrogen) atoms. The molecule has 1 aromatic carbocycles. The summed E-state index contributed by atoms with van der Waals surface area (Å²) in [5.74, 6) is -0.0205. The van der Waals surface area contributed by atoms with Crippen LogP contribution in [0.25, 0.3) is 0 Å². The maximum Gasteiger partial charge on any atom is 0.407 e. The fraction of sp³-hybridized carbons (Fsp3) is 0.579. The van der Waals surface area contributed by atoms with Crippen molar-refractivity contribution >= 4 is 33.6 Å². The number of carbonyl (C=O) groups excluding carboxylic acids is 2. The maximum atomic E-state index is 12.6. The van der Waals surface area contributed by atoms with Gasteiger partial charge in [-0.2, -0.15) is 0 Å². The Morgan fingerprint density at radius 1 is 1.27 bits per heavy atom. The first-order valence-electron chi connectivity index (χ1n) is 8.85. The third-order valence-corrected chi connectivity index (χ3v) is 4.36. The number of benzene rings is 1. The topological polar surface area (TPSA) is 70.7 Å². The largest absolute Gasteiger partial charge is 0.444 e. The lowest BCUT2D eigenvalue weighted by Crippen LogP contribution is -2.50. The number of rotatable bonds is 4. The van der Waals surface area contributed by atoms with Gasteiger partial charge in [-0.25, -0.2) is 4.79 Å². The summed E-state index contributed by atoms with van der Waals surface area (Å²) in [5.41, 5.74) is 0.473. The molecule has 0 saturated carbocycles. The molecule has 2 rings (SSSR count). The molecule has 1 heterocycles. The predicted molar refractivity (Wildman–Crippen MR) is 108 cm³/mol. The average molecular weight is 428 g/mol. The van der Waals surface area contributed by atoms with Gasteiger partial charge < -0.3 is 15.0 Å². The van der Waals surface area contributed by atoms with Gasteiger partial charge in [0, 0.05) is 30.2 Å². The molecule has 1 aromatic rings. The highest BCUT2D eigenvalue weighted by Gasteiger charge is 2.45. The molecule has 0 radical (unpaired) electrons. The molecule has 2 N–H and O–H groups in total. The Morgan fingerprint density at radius 3 is 2.46 bits per heavy atom. The van der Waals surface area contributed by atoms with E-state index in [9.17, 15) is 9.59 Å². The van der Waals surface area contributed by atoms with Crippen LogP contribution in [0.4, 0.5) is 10.5 Å². The molecule has 1 unspecified atom stereocenters. The zero-order chi connectivity index (χ0) is 20.1. The third-order valence-electron chi connectivity index (χ3n) is 3.86. The molecule has 1 atom stereocenters. The lowest BCUT2D eigenvalue weighted by Gasteiger charge is -2.25. The van der Waals surface area contributed by atoms with Gasteiger partial charge in [-0.3, -0.25) is 10.1 Å². The van der Waals surface area contributed by atoms with Crippen molar-refractivity contribution in [3.05, 3.63) is 28.2 Å². The van der Waals surface area contributed by atoms with E-state index in [1.54, 1.807) is 11.9 Å². The van der Waals surface area contributed by atoms with Crippen LogP contribution in [0, 0.1) is 0 Å². The van der Waals surface area contributed by atoms with Crippen molar-refractivity contribution in [2.45, 2.75) is 52.7 Å². The van der Waals surface area contributed by atoms with E-state index in [1.807, 2.05) is 59.7 Å². The number of alkyl carbamates (subject to hydrolysis) is 1. The Balaban J connectivity index is 0.00000163. The Kier molecular flexibility index (Phi) is 7.65. The number of anilines is 1. The molecular formula is C19H30BrN3O3. The minimum Gasteiger partial charge on any atom is -0.444 e. The van der Waals surface area contributed by atoms with E-state index in [0.717, 1.165) is 15.7 Å². The van der Waals surface area contributed by atoms with E-state index in [4.69, 9.17) is 4.74 Å². The molecule has 6 nitrogen and oxygen atoms in total. The molecule has 0 aliphatic carbocycles. The van der Waals surface area contributed by atoms with E-state index in [-0.39, 0.29) is 5.91 Å². The zero-order valence-corrected chi connectivity index (χ0v) is 18.3. The molecule has 0 spiro atoms. The Labute approximate surface area is 164 Å². The number of fused-ring (bicyclic) bond motifs is 1. The van der Waals surface area contributed by atoms with Gasteiger partial charge in [0.25, 0.3) is 5.91 Å². The SMILES string of the molecule is CC.CN1C(=O)C(C)(NCCNC(=O)OC(C)(C)C)c2ccc(Br)cc21. The molecule has 1 aliphatic heterocycles. The third kappa shape index (κ3) is 5.20. The second-order valence-electron chi connectivity index (χ2n) is 7.01. The van der Waals surface area contributed by atoms with Crippen LogP contribution in [0.3, 0.4) is 0 Å². The number of carbonyl (C=O) groups is 2. The van der Waals surface area contributed by atoms with Crippen molar-refractivity contribution in [2.75, 3.05) is 25.0 Å². The number of nitrogens with one attached hydrogen (secondary N) is 2. The Bertz CT molecular complexity index is 658. The number of likely N-dealkylation sites (N-methyl/N-ethyl adjacent to an activating group) is 1. The highest BCUT2D eigenvalue weighted by atomic mass is 79.9. The van der Waals surface area contributed by atoms with Gasteiger partial charge in [-0.05, 0) is 39.8 Å². The van der Waals surface area contributed by atoms with E-state index in [2.05, 4.69) is 26.6 Å². The van der Waals surface area contributed by atoms with Crippen molar-refractivity contribution in [1.29, 1.82) is 0 Å². The molecule has 0 aromatic heterocycles. The van der Waals surface area contributed by atoms with Crippen molar-refractivity contribution in [3.8, 4) is 0 Å². The predicted octanol–water partition coefficient (Wildman–Crippen LogP) is 3.78. The van der Waals surface area contributed by atoms with Crippen LogP contribution in [0.1, 0.15) is 47.1 Å². The van der Waals surface area contributed by atoms with Crippen LogP contribution in [0.15, 0.2) is 22.7 Å². The fourth-order valence-electron chi connectivity index (χ4n) is 2.73. The van der Waals surface area contributed by atoms with Crippen LogP contribution >= 0.6 is 15.9 Å². The van der Waals surface area contributed by atoms with Crippen LogP contribution in [0.5, 0.6) is 0 Å². The first-order valence-corrected chi connectivity index (χ1v) is 9.64. The van der Waals surface area contributed by atoms with Gasteiger partial charge in [-0.15, -0.1) is 0 Å². The van der Waals surface area contributed by atoms with Gasteiger partial charge in [-0.1, -0.05) is 35.8 Å². The van der Waals surface area contributed by atoms with Crippen molar-refractivity contribution < 1.29 is 14.3 Å². The molecule has 2 amide bonds. The van der Waals surface area contributed by atoms with Gasteiger partial charge in [0.05, 0.1) is 5.69 Å². The minimum atomic E-state index is -0.805. The zero-order valence-electron chi connectivity index (χ0n) is 16.7. The molecule has 146 valence electrons. The second-order valence-corrected chi connectivity index (χ2v) is 7.92. The average Bonchev–Trinajstić information content (AvgIpc) is 2.74. The van der Waals surface area contributed by atoms with E-state index >= 15 is 0 Å². The van der Waals surface area contributed by atoms with E-state index in [1.165, 1.54) is 0 Å². The number of hydrogen-bond donors (Lipinski definition) is 2.